The van der Waals surface area contributed by atoms with E-state index in [0.717, 1.165) is 19.3 Å². The highest BCUT2D eigenvalue weighted by Crippen LogP contribution is 2.28. The van der Waals surface area contributed by atoms with Gasteiger partial charge in [0.2, 0.25) is 0 Å². The number of aromatic nitrogens is 2. The predicted octanol–water partition coefficient (Wildman–Crippen LogP) is 2.15. The summed E-state index contributed by atoms with van der Waals surface area (Å²) in [5.74, 6) is 0.622. The first-order chi connectivity index (χ1) is 8.60. The van der Waals surface area contributed by atoms with Gasteiger partial charge in [0, 0.05) is 12.2 Å². The zero-order valence-corrected chi connectivity index (χ0v) is 11.2. The minimum absolute atomic E-state index is 0.150. The number of anilines is 1. The lowest BCUT2D eigenvalue weighted by atomic mass is 10.2. The Labute approximate surface area is 107 Å². The topological polar surface area (TPSA) is 56.2 Å². The maximum absolute atomic E-state index is 11.9. The summed E-state index contributed by atoms with van der Waals surface area (Å²) in [4.78, 5) is 16.0. The monoisotopic (exact) mass is 251 g/mol. The van der Waals surface area contributed by atoms with Crippen molar-refractivity contribution < 1.29 is 4.74 Å². The number of rotatable bonds is 4. The molecular weight excluding hydrogens is 230 g/mol. The normalized spacial score (nSPS) is 23.6. The van der Waals surface area contributed by atoms with Gasteiger partial charge in [-0.2, -0.15) is 4.98 Å². The van der Waals surface area contributed by atoms with Gasteiger partial charge in [0.1, 0.15) is 12.0 Å². The molecule has 2 atom stereocenters. The fourth-order valence-electron chi connectivity index (χ4n) is 2.20. The molecule has 1 aliphatic heterocycles. The number of ether oxygens (including phenoxy) is 1. The molecule has 1 saturated heterocycles. The Morgan fingerprint density at radius 1 is 1.56 bits per heavy atom. The molecule has 0 amide bonds. The molecule has 5 heteroatoms. The Kier molecular flexibility index (Phi) is 4.01. The van der Waals surface area contributed by atoms with E-state index in [0.29, 0.717) is 5.82 Å². The lowest BCUT2D eigenvalue weighted by Crippen LogP contribution is -2.28. The molecule has 1 aliphatic rings. The van der Waals surface area contributed by atoms with Crippen molar-refractivity contribution in [1.29, 1.82) is 0 Å². The van der Waals surface area contributed by atoms with Crippen LogP contribution in [-0.4, -0.2) is 21.7 Å². The summed E-state index contributed by atoms with van der Waals surface area (Å²) in [6.45, 7) is 6.13. The van der Waals surface area contributed by atoms with Gasteiger partial charge in [0.25, 0.3) is 0 Å². The standard InChI is InChI=1S/C13H21N3O2/c1-4-10-5-6-12(18-10)16-8-7-11(14-9(2)3)15-13(16)17/h7-10,12H,4-6H2,1-3H3,(H,14,15,17)/t10-,12?/m1/s1. The average molecular weight is 251 g/mol. The van der Waals surface area contributed by atoms with Crippen LogP contribution in [0.15, 0.2) is 17.1 Å². The zero-order chi connectivity index (χ0) is 13.1. The van der Waals surface area contributed by atoms with Gasteiger partial charge in [-0.05, 0) is 39.2 Å². The quantitative estimate of drug-likeness (QED) is 0.891. The molecule has 0 spiro atoms. The van der Waals surface area contributed by atoms with Crippen LogP contribution in [0.2, 0.25) is 0 Å². The molecule has 100 valence electrons. The Morgan fingerprint density at radius 3 is 2.89 bits per heavy atom. The van der Waals surface area contributed by atoms with E-state index in [1.807, 2.05) is 19.9 Å². The summed E-state index contributed by atoms with van der Waals surface area (Å²) in [5.41, 5.74) is -0.248. The smallest absolute Gasteiger partial charge is 0.351 e. The van der Waals surface area contributed by atoms with Crippen molar-refractivity contribution in [2.24, 2.45) is 0 Å². The molecule has 5 nitrogen and oxygen atoms in total. The minimum atomic E-state index is -0.248. The Balaban J connectivity index is 2.13. The fourth-order valence-corrected chi connectivity index (χ4v) is 2.20. The van der Waals surface area contributed by atoms with Crippen molar-refractivity contribution in [3.63, 3.8) is 0 Å². The average Bonchev–Trinajstić information content (AvgIpc) is 2.76. The highest BCUT2D eigenvalue weighted by atomic mass is 16.5. The second-order valence-corrected chi connectivity index (χ2v) is 5.00. The van der Waals surface area contributed by atoms with Gasteiger partial charge in [-0.15, -0.1) is 0 Å². The van der Waals surface area contributed by atoms with Crippen molar-refractivity contribution in [2.45, 2.75) is 58.4 Å². The summed E-state index contributed by atoms with van der Waals surface area (Å²) in [6, 6.07) is 2.09. The van der Waals surface area contributed by atoms with Crippen LogP contribution in [0.4, 0.5) is 5.82 Å². The van der Waals surface area contributed by atoms with E-state index in [9.17, 15) is 4.79 Å². The van der Waals surface area contributed by atoms with Gasteiger partial charge in [0.05, 0.1) is 6.10 Å². The second kappa shape index (κ2) is 5.52. The molecule has 2 heterocycles. The fraction of sp³-hybridized carbons (Fsp3) is 0.692. The van der Waals surface area contributed by atoms with Crippen LogP contribution < -0.4 is 11.0 Å². The molecule has 0 aliphatic carbocycles. The zero-order valence-electron chi connectivity index (χ0n) is 11.2. The molecule has 0 saturated carbocycles. The molecule has 0 radical (unpaired) electrons. The number of hydrogen-bond donors (Lipinski definition) is 1. The van der Waals surface area contributed by atoms with E-state index in [1.165, 1.54) is 0 Å². The lowest BCUT2D eigenvalue weighted by Gasteiger charge is -2.16. The van der Waals surface area contributed by atoms with Crippen LogP contribution in [0, 0.1) is 0 Å². The first kappa shape index (κ1) is 13.1. The Morgan fingerprint density at radius 2 is 2.33 bits per heavy atom. The highest BCUT2D eigenvalue weighted by molar-refractivity contribution is 5.32. The molecular formula is C13H21N3O2. The van der Waals surface area contributed by atoms with E-state index < -0.39 is 0 Å². The maximum atomic E-state index is 11.9. The molecule has 2 rings (SSSR count). The minimum Gasteiger partial charge on any atom is -0.368 e. The van der Waals surface area contributed by atoms with E-state index in [2.05, 4.69) is 17.2 Å². The summed E-state index contributed by atoms with van der Waals surface area (Å²) < 4.78 is 7.39. The van der Waals surface area contributed by atoms with E-state index >= 15 is 0 Å². The largest absolute Gasteiger partial charge is 0.368 e. The molecule has 18 heavy (non-hydrogen) atoms. The molecule has 0 bridgehead atoms. The molecule has 1 unspecified atom stereocenters. The SMILES string of the molecule is CC[C@@H]1CCC(n2ccc(NC(C)C)nc2=O)O1. The number of hydrogen-bond acceptors (Lipinski definition) is 4. The third kappa shape index (κ3) is 2.90. The van der Waals surface area contributed by atoms with Gasteiger partial charge < -0.3 is 10.1 Å². The molecule has 0 aromatic carbocycles. The molecule has 1 aromatic heterocycles. The van der Waals surface area contributed by atoms with Gasteiger partial charge in [0.15, 0.2) is 0 Å². The lowest BCUT2D eigenvalue weighted by molar-refractivity contribution is -0.00189. The van der Waals surface area contributed by atoms with Crippen molar-refractivity contribution in [1.82, 2.24) is 9.55 Å². The third-order valence-corrected chi connectivity index (χ3v) is 3.12. The van der Waals surface area contributed by atoms with Crippen LogP contribution in [0.1, 0.15) is 46.3 Å². The highest BCUT2D eigenvalue weighted by Gasteiger charge is 2.25. The van der Waals surface area contributed by atoms with Gasteiger partial charge >= 0.3 is 5.69 Å². The van der Waals surface area contributed by atoms with Crippen LogP contribution in [-0.2, 0) is 4.74 Å². The summed E-state index contributed by atoms with van der Waals surface area (Å²) in [5, 5.41) is 3.12. The summed E-state index contributed by atoms with van der Waals surface area (Å²) >= 11 is 0. The van der Waals surface area contributed by atoms with Crippen molar-refractivity contribution in [2.75, 3.05) is 5.32 Å². The summed E-state index contributed by atoms with van der Waals surface area (Å²) in [7, 11) is 0. The van der Waals surface area contributed by atoms with Crippen molar-refractivity contribution in [3.8, 4) is 0 Å². The van der Waals surface area contributed by atoms with Crippen molar-refractivity contribution in [3.05, 3.63) is 22.7 Å². The number of nitrogens with zero attached hydrogens (tertiary/aromatic N) is 2. The van der Waals surface area contributed by atoms with Crippen LogP contribution in [0.5, 0.6) is 0 Å². The second-order valence-electron chi connectivity index (χ2n) is 5.00. The first-order valence-electron chi connectivity index (χ1n) is 6.61. The predicted molar refractivity (Wildman–Crippen MR) is 70.7 cm³/mol. The maximum Gasteiger partial charge on any atom is 0.351 e. The van der Waals surface area contributed by atoms with Gasteiger partial charge in [-0.1, -0.05) is 6.92 Å². The van der Waals surface area contributed by atoms with E-state index in [-0.39, 0.29) is 24.1 Å². The Bertz CT molecular complexity index is 456. The molecule has 1 fully saturated rings. The molecule has 1 aromatic rings. The van der Waals surface area contributed by atoms with Crippen LogP contribution in [0.25, 0.3) is 0 Å². The third-order valence-electron chi connectivity index (χ3n) is 3.12. The molecule has 1 N–H and O–H groups in total. The van der Waals surface area contributed by atoms with E-state index in [1.54, 1.807) is 10.8 Å². The summed E-state index contributed by atoms with van der Waals surface area (Å²) in [6.07, 6.45) is 4.78. The van der Waals surface area contributed by atoms with Gasteiger partial charge in [-0.25, -0.2) is 4.79 Å². The van der Waals surface area contributed by atoms with Crippen LogP contribution >= 0.6 is 0 Å². The van der Waals surface area contributed by atoms with Crippen molar-refractivity contribution >= 4 is 5.82 Å². The van der Waals surface area contributed by atoms with Crippen LogP contribution in [0.3, 0.4) is 0 Å². The van der Waals surface area contributed by atoms with E-state index in [4.69, 9.17) is 4.74 Å². The van der Waals surface area contributed by atoms with Gasteiger partial charge in [-0.3, -0.25) is 4.57 Å². The first-order valence-corrected chi connectivity index (χ1v) is 6.61. The Hall–Kier alpha value is -1.36. The number of nitrogens with one attached hydrogen (secondary N) is 1.